The third-order valence-electron chi connectivity index (χ3n) is 2.39. The van der Waals surface area contributed by atoms with Crippen molar-refractivity contribution in [1.29, 1.82) is 0 Å². The minimum Gasteiger partial charge on any atom is -0.317 e. The van der Waals surface area contributed by atoms with Gasteiger partial charge in [0.15, 0.2) is 0 Å². The molecule has 0 saturated carbocycles. The predicted octanol–water partition coefficient (Wildman–Crippen LogP) is 1.74. The van der Waals surface area contributed by atoms with Gasteiger partial charge in [-0.15, -0.1) is 0 Å². The minimum atomic E-state index is 1.14. The van der Waals surface area contributed by atoms with Crippen LogP contribution in [0, 0.1) is 0 Å². The van der Waals surface area contributed by atoms with Gasteiger partial charge in [0.1, 0.15) is 0 Å². The van der Waals surface area contributed by atoms with Crippen LogP contribution in [0.3, 0.4) is 0 Å². The highest BCUT2D eigenvalue weighted by Crippen LogP contribution is 2.02. The van der Waals surface area contributed by atoms with Gasteiger partial charge in [-0.25, -0.2) is 0 Å². The van der Waals surface area contributed by atoms with Gasteiger partial charge in [-0.1, -0.05) is 6.92 Å². The first-order valence-corrected chi connectivity index (χ1v) is 5.52. The summed E-state index contributed by atoms with van der Waals surface area (Å²) in [4.78, 5) is 0. The van der Waals surface area contributed by atoms with Gasteiger partial charge in [-0.3, -0.25) is 4.68 Å². The summed E-state index contributed by atoms with van der Waals surface area (Å²) in [7, 11) is 2.00. The van der Waals surface area contributed by atoms with Crippen molar-refractivity contribution in [1.82, 2.24) is 15.1 Å². The van der Waals surface area contributed by atoms with Crippen LogP contribution in [-0.2, 0) is 13.5 Å². The van der Waals surface area contributed by atoms with E-state index >= 15 is 0 Å². The Morgan fingerprint density at radius 2 is 2.21 bits per heavy atom. The zero-order chi connectivity index (χ0) is 10.2. The van der Waals surface area contributed by atoms with Crippen LogP contribution >= 0.6 is 0 Å². The summed E-state index contributed by atoms with van der Waals surface area (Å²) in [5.41, 5.74) is 1.33. The fourth-order valence-corrected chi connectivity index (χ4v) is 1.50. The Kier molecular flexibility index (Phi) is 5.30. The van der Waals surface area contributed by atoms with Crippen molar-refractivity contribution in [2.24, 2.45) is 7.05 Å². The molecule has 0 saturated heterocycles. The summed E-state index contributed by atoms with van der Waals surface area (Å²) in [6.07, 6.45) is 6.73. The van der Waals surface area contributed by atoms with E-state index in [-0.39, 0.29) is 0 Å². The van der Waals surface area contributed by atoms with E-state index in [0.717, 1.165) is 19.5 Å². The lowest BCUT2D eigenvalue weighted by molar-refractivity contribution is 0.601. The Balaban J connectivity index is 2.02. The Bertz CT molecular complexity index is 242. The summed E-state index contributed by atoms with van der Waals surface area (Å²) in [5, 5.41) is 7.55. The maximum Gasteiger partial charge on any atom is 0.0492 e. The summed E-state index contributed by atoms with van der Waals surface area (Å²) >= 11 is 0. The molecule has 0 fully saturated rings. The van der Waals surface area contributed by atoms with Crippen molar-refractivity contribution in [3.8, 4) is 0 Å². The molecule has 0 radical (unpaired) electrons. The molecular formula is C11H21N3. The Labute approximate surface area is 86.5 Å². The van der Waals surface area contributed by atoms with Crippen molar-refractivity contribution in [3.63, 3.8) is 0 Å². The molecule has 1 aromatic rings. The van der Waals surface area contributed by atoms with Crippen LogP contribution in [-0.4, -0.2) is 22.9 Å². The number of unbranched alkanes of at least 4 members (excludes halogenated alkanes) is 1. The first-order chi connectivity index (χ1) is 6.84. The number of rotatable bonds is 7. The molecule has 0 amide bonds. The van der Waals surface area contributed by atoms with Crippen molar-refractivity contribution in [2.75, 3.05) is 13.1 Å². The highest BCUT2D eigenvalue weighted by Gasteiger charge is 1.97. The summed E-state index contributed by atoms with van der Waals surface area (Å²) in [6.45, 7) is 4.49. The predicted molar refractivity (Wildman–Crippen MR) is 59.3 cm³/mol. The smallest absolute Gasteiger partial charge is 0.0492 e. The Morgan fingerprint density at radius 1 is 1.36 bits per heavy atom. The monoisotopic (exact) mass is 195 g/mol. The summed E-state index contributed by atoms with van der Waals surface area (Å²) in [6, 6.07) is 2.10. The van der Waals surface area contributed by atoms with Gasteiger partial charge in [-0.2, -0.15) is 5.10 Å². The maximum absolute atomic E-state index is 4.15. The van der Waals surface area contributed by atoms with Gasteiger partial charge in [0.2, 0.25) is 0 Å². The molecule has 1 rings (SSSR count). The molecular weight excluding hydrogens is 174 g/mol. The quantitative estimate of drug-likeness (QED) is 0.672. The molecule has 1 heterocycles. The molecule has 0 bridgehead atoms. The third-order valence-corrected chi connectivity index (χ3v) is 2.39. The second-order valence-electron chi connectivity index (χ2n) is 3.65. The van der Waals surface area contributed by atoms with Crippen molar-refractivity contribution >= 4 is 0 Å². The number of aryl methyl sites for hydroxylation is 2. The van der Waals surface area contributed by atoms with Crippen LogP contribution < -0.4 is 5.32 Å². The van der Waals surface area contributed by atoms with Crippen LogP contribution in [0.5, 0.6) is 0 Å². The van der Waals surface area contributed by atoms with Crippen molar-refractivity contribution < 1.29 is 0 Å². The molecule has 14 heavy (non-hydrogen) atoms. The van der Waals surface area contributed by atoms with E-state index in [0.29, 0.717) is 0 Å². The Morgan fingerprint density at radius 3 is 2.86 bits per heavy atom. The lowest BCUT2D eigenvalue weighted by Crippen LogP contribution is -2.16. The zero-order valence-electron chi connectivity index (χ0n) is 9.29. The molecule has 1 N–H and O–H groups in total. The van der Waals surface area contributed by atoms with Crippen LogP contribution in [0.1, 0.15) is 31.9 Å². The minimum absolute atomic E-state index is 1.14. The average Bonchev–Trinajstić information content (AvgIpc) is 2.58. The zero-order valence-corrected chi connectivity index (χ0v) is 9.29. The molecule has 0 aliphatic rings. The number of hydrogen-bond donors (Lipinski definition) is 1. The first kappa shape index (κ1) is 11.2. The van der Waals surface area contributed by atoms with Gasteiger partial charge >= 0.3 is 0 Å². The lowest BCUT2D eigenvalue weighted by atomic mass is 10.2. The van der Waals surface area contributed by atoms with Crippen molar-refractivity contribution in [3.05, 3.63) is 18.0 Å². The number of nitrogens with one attached hydrogen (secondary N) is 1. The van der Waals surface area contributed by atoms with E-state index in [9.17, 15) is 0 Å². The topological polar surface area (TPSA) is 29.9 Å². The van der Waals surface area contributed by atoms with Crippen LogP contribution in [0.4, 0.5) is 0 Å². The third kappa shape index (κ3) is 3.92. The molecule has 80 valence electrons. The molecule has 1 aromatic heterocycles. The number of hydrogen-bond acceptors (Lipinski definition) is 2. The molecule has 0 unspecified atom stereocenters. The maximum atomic E-state index is 4.15. The van der Waals surface area contributed by atoms with Crippen LogP contribution in [0.2, 0.25) is 0 Å². The van der Waals surface area contributed by atoms with Crippen molar-refractivity contribution in [2.45, 2.75) is 32.6 Å². The molecule has 0 aromatic carbocycles. The Hall–Kier alpha value is -0.830. The molecule has 0 spiro atoms. The summed E-state index contributed by atoms with van der Waals surface area (Å²) < 4.78 is 1.96. The van der Waals surface area contributed by atoms with E-state index < -0.39 is 0 Å². The molecule has 0 atom stereocenters. The van der Waals surface area contributed by atoms with E-state index in [1.54, 1.807) is 0 Å². The molecule has 0 aliphatic heterocycles. The first-order valence-electron chi connectivity index (χ1n) is 5.52. The second-order valence-corrected chi connectivity index (χ2v) is 3.65. The van der Waals surface area contributed by atoms with Crippen LogP contribution in [0.25, 0.3) is 0 Å². The van der Waals surface area contributed by atoms with E-state index in [2.05, 4.69) is 23.4 Å². The van der Waals surface area contributed by atoms with Gasteiger partial charge in [0.25, 0.3) is 0 Å². The standard InChI is InChI=1S/C11H21N3/c1-3-8-12-9-5-4-6-11-7-10-13-14(11)2/h7,10,12H,3-6,8-9H2,1-2H3. The number of aromatic nitrogens is 2. The normalized spacial score (nSPS) is 10.7. The van der Waals surface area contributed by atoms with E-state index in [1.807, 2.05) is 17.9 Å². The fraction of sp³-hybridized carbons (Fsp3) is 0.727. The van der Waals surface area contributed by atoms with E-state index in [1.165, 1.54) is 25.0 Å². The largest absolute Gasteiger partial charge is 0.317 e. The second kappa shape index (κ2) is 6.60. The van der Waals surface area contributed by atoms with E-state index in [4.69, 9.17) is 0 Å². The van der Waals surface area contributed by atoms with Gasteiger partial charge in [0.05, 0.1) is 0 Å². The fourth-order valence-electron chi connectivity index (χ4n) is 1.50. The molecule has 3 heteroatoms. The lowest BCUT2D eigenvalue weighted by Gasteiger charge is -2.03. The summed E-state index contributed by atoms with van der Waals surface area (Å²) in [5.74, 6) is 0. The highest BCUT2D eigenvalue weighted by molar-refractivity contribution is 4.99. The average molecular weight is 195 g/mol. The van der Waals surface area contributed by atoms with Crippen LogP contribution in [0.15, 0.2) is 12.3 Å². The SMILES string of the molecule is CCCNCCCCc1ccnn1C. The molecule has 3 nitrogen and oxygen atoms in total. The highest BCUT2D eigenvalue weighted by atomic mass is 15.2. The van der Waals surface area contributed by atoms with Gasteiger partial charge in [-0.05, 0) is 44.8 Å². The number of nitrogens with zero attached hydrogens (tertiary/aromatic N) is 2. The van der Waals surface area contributed by atoms with Gasteiger partial charge in [0, 0.05) is 18.9 Å². The van der Waals surface area contributed by atoms with Gasteiger partial charge < -0.3 is 5.32 Å². The molecule has 0 aliphatic carbocycles.